The predicted octanol–water partition coefficient (Wildman–Crippen LogP) is 3.03. The number of morpholine rings is 1. The molecule has 0 amide bonds. The molecule has 13 nitrogen and oxygen atoms in total. The van der Waals surface area contributed by atoms with Gasteiger partial charge in [-0.05, 0) is 29.8 Å². The molecule has 1 unspecified atom stereocenters. The molecule has 0 aromatic heterocycles. The lowest BCUT2D eigenvalue weighted by Gasteiger charge is -2.32. The van der Waals surface area contributed by atoms with Crippen molar-refractivity contribution < 1.29 is 35.6 Å². The van der Waals surface area contributed by atoms with Gasteiger partial charge in [-0.1, -0.05) is 36.4 Å². The molecule has 1 fully saturated rings. The molecule has 0 radical (unpaired) electrons. The Kier molecular flexibility index (Phi) is 7.22. The summed E-state index contributed by atoms with van der Waals surface area (Å²) < 4.78 is 63.3. The summed E-state index contributed by atoms with van der Waals surface area (Å²) >= 11 is 0. The van der Waals surface area contributed by atoms with Crippen LogP contribution in [0.4, 0.5) is 11.4 Å². The second-order valence-electron chi connectivity index (χ2n) is 7.78. The first-order valence-electron chi connectivity index (χ1n) is 10.6. The van der Waals surface area contributed by atoms with Crippen molar-refractivity contribution in [1.29, 1.82) is 0 Å². The highest BCUT2D eigenvalue weighted by Crippen LogP contribution is 2.32. The highest BCUT2D eigenvalue weighted by Gasteiger charge is 2.35. The van der Waals surface area contributed by atoms with Gasteiger partial charge in [0.2, 0.25) is 10.0 Å². The molecular formula is C22H19N3O10S2. The van der Waals surface area contributed by atoms with Crippen LogP contribution in [0.25, 0.3) is 0 Å². The Labute approximate surface area is 211 Å². The monoisotopic (exact) mass is 549 g/mol. The van der Waals surface area contributed by atoms with Gasteiger partial charge in [-0.2, -0.15) is 12.7 Å². The summed E-state index contributed by atoms with van der Waals surface area (Å²) in [5.74, 6) is -0.123. The fourth-order valence-corrected chi connectivity index (χ4v) is 6.42. The maximum absolute atomic E-state index is 13.1. The van der Waals surface area contributed by atoms with Gasteiger partial charge in [0.1, 0.15) is 5.75 Å². The molecule has 0 aliphatic carbocycles. The van der Waals surface area contributed by atoms with Crippen LogP contribution in [-0.2, 0) is 24.9 Å². The van der Waals surface area contributed by atoms with E-state index in [0.29, 0.717) is 5.56 Å². The van der Waals surface area contributed by atoms with Crippen molar-refractivity contribution in [2.24, 2.45) is 0 Å². The maximum Gasteiger partial charge on any atom is 0.346 e. The van der Waals surface area contributed by atoms with Gasteiger partial charge >= 0.3 is 10.1 Å². The number of hydrogen-bond acceptors (Lipinski definition) is 10. The smallest absolute Gasteiger partial charge is 0.346 e. The first-order valence-corrected chi connectivity index (χ1v) is 13.5. The molecule has 37 heavy (non-hydrogen) atoms. The molecule has 1 heterocycles. The number of nitrogens with zero attached hydrogens (tertiary/aromatic N) is 3. The van der Waals surface area contributed by atoms with Crippen LogP contribution in [0, 0.1) is 20.2 Å². The average molecular weight is 550 g/mol. The minimum absolute atomic E-state index is 0.0137. The number of nitro groups is 2. The first kappa shape index (κ1) is 26.2. The number of nitro benzene ring substituents is 2. The van der Waals surface area contributed by atoms with Crippen LogP contribution in [-0.4, -0.2) is 50.7 Å². The van der Waals surface area contributed by atoms with Gasteiger partial charge in [0.15, 0.2) is 9.79 Å². The van der Waals surface area contributed by atoms with E-state index in [1.807, 2.05) is 0 Å². The standard InChI is InChI=1S/C22H19N3O10S2/c26-24(27)18-5-1-3-7-21(18)36(30,31)23-13-14-34-20(15-23)16-9-11-17(12-10-16)35-37(32,33)22-8-4-2-6-19(22)25(28)29/h1-12,20H,13-15H2. The van der Waals surface area contributed by atoms with Crippen molar-refractivity contribution in [3.05, 3.63) is 98.6 Å². The maximum atomic E-state index is 13.1. The topological polar surface area (TPSA) is 176 Å². The van der Waals surface area contributed by atoms with E-state index in [-0.39, 0.29) is 25.4 Å². The summed E-state index contributed by atoms with van der Waals surface area (Å²) in [7, 11) is -8.71. The highest BCUT2D eigenvalue weighted by molar-refractivity contribution is 7.89. The Hall–Kier alpha value is -3.92. The zero-order chi connectivity index (χ0) is 26.8. The predicted molar refractivity (Wildman–Crippen MR) is 128 cm³/mol. The van der Waals surface area contributed by atoms with Crippen molar-refractivity contribution in [3.63, 3.8) is 0 Å². The fraction of sp³-hybridized carbons (Fsp3) is 0.182. The summed E-state index contributed by atoms with van der Waals surface area (Å²) in [6, 6.07) is 15.4. The Balaban J connectivity index is 1.53. The van der Waals surface area contributed by atoms with Crippen LogP contribution in [0.15, 0.2) is 82.6 Å². The number of ether oxygens (including phenoxy) is 1. The van der Waals surface area contributed by atoms with Crippen molar-refractivity contribution in [3.8, 4) is 5.75 Å². The van der Waals surface area contributed by atoms with E-state index in [9.17, 15) is 37.1 Å². The number of sulfonamides is 1. The van der Waals surface area contributed by atoms with E-state index >= 15 is 0 Å². The molecule has 1 atom stereocenters. The van der Waals surface area contributed by atoms with E-state index < -0.39 is 57.3 Å². The lowest BCUT2D eigenvalue weighted by molar-refractivity contribution is -0.388. The molecular weight excluding hydrogens is 530 g/mol. The molecule has 194 valence electrons. The number of para-hydroxylation sites is 2. The summed E-state index contributed by atoms with van der Waals surface area (Å²) in [4.78, 5) is 19.9. The quantitative estimate of drug-likeness (QED) is 0.230. The van der Waals surface area contributed by atoms with Crippen molar-refractivity contribution in [2.75, 3.05) is 19.7 Å². The van der Waals surface area contributed by atoms with Gasteiger partial charge in [-0.15, -0.1) is 0 Å². The molecule has 1 aliphatic rings. The van der Waals surface area contributed by atoms with E-state index in [2.05, 4.69) is 0 Å². The second-order valence-corrected chi connectivity index (χ2v) is 11.2. The SMILES string of the molecule is O=[N+]([O-])c1ccccc1S(=O)(=O)Oc1ccc(C2CN(S(=O)(=O)c3ccccc3[N+](=O)[O-])CCO2)cc1. The third-order valence-electron chi connectivity index (χ3n) is 5.50. The Morgan fingerprint density at radius 3 is 1.95 bits per heavy atom. The van der Waals surface area contributed by atoms with Gasteiger partial charge in [0, 0.05) is 25.2 Å². The van der Waals surface area contributed by atoms with E-state index in [0.717, 1.165) is 22.5 Å². The highest BCUT2D eigenvalue weighted by atomic mass is 32.2. The van der Waals surface area contributed by atoms with Gasteiger partial charge in [0.25, 0.3) is 11.4 Å². The molecule has 3 aromatic carbocycles. The first-order chi connectivity index (χ1) is 17.5. The van der Waals surface area contributed by atoms with Crippen LogP contribution < -0.4 is 4.18 Å². The van der Waals surface area contributed by atoms with Crippen LogP contribution in [0.1, 0.15) is 11.7 Å². The summed E-state index contributed by atoms with van der Waals surface area (Å²) in [6.45, 7) is -0.127. The lowest BCUT2D eigenvalue weighted by Crippen LogP contribution is -2.42. The minimum Gasteiger partial charge on any atom is -0.379 e. The van der Waals surface area contributed by atoms with Gasteiger partial charge in [0.05, 0.1) is 22.6 Å². The van der Waals surface area contributed by atoms with Crippen molar-refractivity contribution in [2.45, 2.75) is 15.9 Å². The molecule has 0 N–H and O–H groups in total. The normalized spacial score (nSPS) is 16.7. The Bertz CT molecular complexity index is 1560. The largest absolute Gasteiger partial charge is 0.379 e. The molecule has 0 saturated carbocycles. The summed E-state index contributed by atoms with van der Waals surface area (Å²) in [5, 5.41) is 22.5. The third kappa shape index (κ3) is 5.43. The number of benzene rings is 3. The molecule has 3 aromatic rings. The van der Waals surface area contributed by atoms with Crippen molar-refractivity contribution in [1.82, 2.24) is 4.31 Å². The van der Waals surface area contributed by atoms with E-state index in [1.54, 1.807) is 0 Å². The third-order valence-corrected chi connectivity index (χ3v) is 8.71. The second kappa shape index (κ2) is 10.2. The lowest BCUT2D eigenvalue weighted by atomic mass is 10.1. The number of hydrogen-bond donors (Lipinski definition) is 0. The Morgan fingerprint density at radius 1 is 0.811 bits per heavy atom. The summed E-state index contributed by atoms with van der Waals surface area (Å²) in [5.41, 5.74) is -0.667. The van der Waals surface area contributed by atoms with Crippen LogP contribution in [0.5, 0.6) is 5.75 Å². The summed E-state index contributed by atoms with van der Waals surface area (Å²) in [6.07, 6.45) is -0.743. The zero-order valence-corrected chi connectivity index (χ0v) is 20.5. The Morgan fingerprint density at radius 2 is 1.35 bits per heavy atom. The van der Waals surface area contributed by atoms with Gasteiger partial charge in [-0.25, -0.2) is 8.42 Å². The van der Waals surface area contributed by atoms with Gasteiger partial charge in [-0.3, -0.25) is 20.2 Å². The molecule has 0 bridgehead atoms. The molecule has 15 heteroatoms. The molecule has 0 spiro atoms. The minimum atomic E-state index is -4.51. The molecule has 4 rings (SSSR count). The molecule has 1 aliphatic heterocycles. The molecule has 1 saturated heterocycles. The van der Waals surface area contributed by atoms with E-state index in [4.69, 9.17) is 8.92 Å². The van der Waals surface area contributed by atoms with Crippen LogP contribution in [0.2, 0.25) is 0 Å². The zero-order valence-electron chi connectivity index (χ0n) is 18.9. The van der Waals surface area contributed by atoms with E-state index in [1.165, 1.54) is 54.6 Å². The fourth-order valence-electron chi connectivity index (χ4n) is 3.74. The van der Waals surface area contributed by atoms with Crippen LogP contribution >= 0.6 is 0 Å². The number of rotatable bonds is 8. The van der Waals surface area contributed by atoms with Crippen molar-refractivity contribution >= 4 is 31.5 Å². The van der Waals surface area contributed by atoms with Crippen LogP contribution in [0.3, 0.4) is 0 Å². The van der Waals surface area contributed by atoms with Gasteiger partial charge < -0.3 is 8.92 Å². The average Bonchev–Trinajstić information content (AvgIpc) is 2.89.